The normalized spacial score (nSPS) is 14.8. The Morgan fingerprint density at radius 3 is 1.97 bits per heavy atom. The molecule has 1 aromatic carbocycles. The minimum atomic E-state index is -6.59. The van der Waals surface area contributed by atoms with E-state index in [0.717, 1.165) is 0 Å². The van der Waals surface area contributed by atoms with E-state index < -0.39 is 48.1 Å². The van der Waals surface area contributed by atoms with Gasteiger partial charge in [0.05, 0.1) is 12.0 Å². The van der Waals surface area contributed by atoms with E-state index in [-0.39, 0.29) is 13.5 Å². The number of ether oxygens (including phenoxy) is 2. The summed E-state index contributed by atoms with van der Waals surface area (Å²) in [6, 6.07) is 5.39. The van der Waals surface area contributed by atoms with Crippen LogP contribution in [0.2, 0.25) is 0 Å². The molecular formula is C18H20F7NO4. The van der Waals surface area contributed by atoms with Crippen LogP contribution < -0.4 is 5.32 Å². The van der Waals surface area contributed by atoms with Gasteiger partial charge in [-0.05, 0) is 19.4 Å². The minimum Gasteiger partial charge on any atom is -0.461 e. The Balaban J connectivity index is 3.07. The van der Waals surface area contributed by atoms with Crippen molar-refractivity contribution >= 4 is 12.1 Å². The van der Waals surface area contributed by atoms with Crippen molar-refractivity contribution in [2.24, 2.45) is 5.92 Å². The van der Waals surface area contributed by atoms with Gasteiger partial charge < -0.3 is 14.8 Å². The van der Waals surface area contributed by atoms with Crippen molar-refractivity contribution in [2.45, 2.75) is 57.5 Å². The average Bonchev–Trinajstić information content (AvgIpc) is 2.63. The second-order valence-corrected chi connectivity index (χ2v) is 6.65. The first-order chi connectivity index (χ1) is 13.6. The molecule has 1 N–H and O–H groups in total. The molecule has 2 unspecified atom stereocenters. The summed E-state index contributed by atoms with van der Waals surface area (Å²) >= 11 is 0. The first-order valence-corrected chi connectivity index (χ1v) is 8.61. The second-order valence-electron chi connectivity index (χ2n) is 6.65. The SMILES string of the molecule is CC(C)OC(=O)C(NC(=O)OCc1ccccc1)C(C)C(F)(F)C(F)(F)C(F)(F)F. The molecule has 1 aromatic rings. The van der Waals surface area contributed by atoms with Crippen LogP contribution in [-0.4, -0.2) is 42.2 Å². The zero-order chi connectivity index (χ0) is 23.3. The number of hydrogen-bond donors (Lipinski definition) is 1. The van der Waals surface area contributed by atoms with Crippen LogP contribution in [0.25, 0.3) is 0 Å². The van der Waals surface area contributed by atoms with Crippen LogP contribution in [0.15, 0.2) is 30.3 Å². The first-order valence-electron chi connectivity index (χ1n) is 8.61. The lowest BCUT2D eigenvalue weighted by atomic mass is 9.90. The molecule has 5 nitrogen and oxygen atoms in total. The Morgan fingerprint density at radius 1 is 0.967 bits per heavy atom. The van der Waals surface area contributed by atoms with Crippen molar-refractivity contribution in [3.8, 4) is 0 Å². The van der Waals surface area contributed by atoms with Gasteiger partial charge in [-0.2, -0.15) is 30.7 Å². The fourth-order valence-corrected chi connectivity index (χ4v) is 2.27. The highest BCUT2D eigenvalue weighted by Crippen LogP contribution is 2.50. The van der Waals surface area contributed by atoms with Crippen molar-refractivity contribution in [2.75, 3.05) is 0 Å². The van der Waals surface area contributed by atoms with Crippen LogP contribution in [0.3, 0.4) is 0 Å². The second kappa shape index (κ2) is 9.52. The van der Waals surface area contributed by atoms with E-state index in [2.05, 4.69) is 4.74 Å². The number of halogens is 7. The van der Waals surface area contributed by atoms with E-state index in [0.29, 0.717) is 5.56 Å². The van der Waals surface area contributed by atoms with E-state index in [1.54, 1.807) is 35.6 Å². The van der Waals surface area contributed by atoms with Gasteiger partial charge in [-0.1, -0.05) is 37.3 Å². The summed E-state index contributed by atoms with van der Waals surface area (Å²) in [6.07, 6.45) is -9.00. The fraction of sp³-hybridized carbons (Fsp3) is 0.556. The quantitative estimate of drug-likeness (QED) is 0.464. The number of amides is 1. The van der Waals surface area contributed by atoms with E-state index >= 15 is 0 Å². The summed E-state index contributed by atoms with van der Waals surface area (Å²) in [4.78, 5) is 24.0. The number of rotatable bonds is 8. The van der Waals surface area contributed by atoms with Gasteiger partial charge in [0.15, 0.2) is 0 Å². The molecule has 0 aliphatic carbocycles. The molecule has 0 saturated carbocycles. The molecule has 1 rings (SSSR count). The van der Waals surface area contributed by atoms with Crippen molar-refractivity contribution in [1.82, 2.24) is 5.32 Å². The summed E-state index contributed by atoms with van der Waals surface area (Å²) in [7, 11) is 0. The van der Waals surface area contributed by atoms with Gasteiger partial charge in [0.1, 0.15) is 12.6 Å². The third kappa shape index (κ3) is 5.99. The molecule has 0 aliphatic rings. The topological polar surface area (TPSA) is 64.6 Å². The van der Waals surface area contributed by atoms with E-state index in [1.807, 2.05) is 0 Å². The monoisotopic (exact) mass is 447 g/mol. The number of nitrogens with one attached hydrogen (secondary N) is 1. The van der Waals surface area contributed by atoms with Gasteiger partial charge >= 0.3 is 30.1 Å². The van der Waals surface area contributed by atoms with Crippen LogP contribution in [0.5, 0.6) is 0 Å². The molecule has 0 bridgehead atoms. The fourth-order valence-electron chi connectivity index (χ4n) is 2.27. The Labute approximate surface area is 167 Å². The predicted molar refractivity (Wildman–Crippen MR) is 89.9 cm³/mol. The zero-order valence-electron chi connectivity index (χ0n) is 16.1. The van der Waals surface area contributed by atoms with Gasteiger partial charge in [0, 0.05) is 0 Å². The number of hydrogen-bond acceptors (Lipinski definition) is 4. The van der Waals surface area contributed by atoms with Crippen LogP contribution >= 0.6 is 0 Å². The maximum Gasteiger partial charge on any atom is 0.459 e. The Bertz CT molecular complexity index is 723. The smallest absolute Gasteiger partial charge is 0.459 e. The molecule has 12 heteroatoms. The summed E-state index contributed by atoms with van der Waals surface area (Å²) < 4.78 is 102. The summed E-state index contributed by atoms with van der Waals surface area (Å²) in [5.41, 5.74) is 0.468. The molecule has 2 atom stereocenters. The molecule has 30 heavy (non-hydrogen) atoms. The van der Waals surface area contributed by atoms with Crippen LogP contribution in [0, 0.1) is 5.92 Å². The van der Waals surface area contributed by atoms with E-state index in [1.165, 1.54) is 13.8 Å². The number of alkyl carbamates (subject to hydrolysis) is 1. The van der Waals surface area contributed by atoms with Crippen molar-refractivity contribution in [3.63, 3.8) is 0 Å². The summed E-state index contributed by atoms with van der Waals surface area (Å²) in [5.74, 6) is -16.8. The zero-order valence-corrected chi connectivity index (χ0v) is 16.1. The van der Waals surface area contributed by atoms with E-state index in [9.17, 15) is 40.3 Å². The Hall–Kier alpha value is -2.53. The minimum absolute atomic E-state index is 0.267. The van der Waals surface area contributed by atoms with Crippen molar-refractivity contribution in [1.29, 1.82) is 0 Å². The molecule has 0 heterocycles. The maximum atomic E-state index is 14.1. The molecule has 0 radical (unpaired) electrons. The van der Waals surface area contributed by atoms with Gasteiger partial charge in [-0.3, -0.25) is 0 Å². The van der Waals surface area contributed by atoms with Crippen LogP contribution in [0.1, 0.15) is 26.3 Å². The van der Waals surface area contributed by atoms with Gasteiger partial charge in [-0.15, -0.1) is 0 Å². The average molecular weight is 447 g/mol. The third-order valence-electron chi connectivity index (χ3n) is 3.94. The summed E-state index contributed by atoms with van der Waals surface area (Å²) in [5, 5.41) is 1.61. The lowest BCUT2D eigenvalue weighted by Crippen LogP contribution is -2.61. The number of carbonyl (C=O) groups excluding carboxylic acids is 2. The molecule has 0 aliphatic heterocycles. The molecule has 0 saturated heterocycles. The largest absolute Gasteiger partial charge is 0.461 e. The lowest BCUT2D eigenvalue weighted by molar-refractivity contribution is -0.365. The van der Waals surface area contributed by atoms with Crippen LogP contribution in [0.4, 0.5) is 35.5 Å². The Kier molecular flexibility index (Phi) is 8.09. The van der Waals surface area contributed by atoms with Crippen molar-refractivity contribution in [3.05, 3.63) is 35.9 Å². The molecule has 0 fully saturated rings. The molecular weight excluding hydrogens is 427 g/mol. The third-order valence-corrected chi connectivity index (χ3v) is 3.94. The molecule has 0 aromatic heterocycles. The number of alkyl halides is 7. The van der Waals surface area contributed by atoms with Gasteiger partial charge in [-0.25, -0.2) is 9.59 Å². The molecule has 170 valence electrons. The number of esters is 1. The van der Waals surface area contributed by atoms with E-state index in [4.69, 9.17) is 4.74 Å². The lowest BCUT2D eigenvalue weighted by Gasteiger charge is -2.35. The molecule has 0 spiro atoms. The highest BCUT2D eigenvalue weighted by Gasteiger charge is 2.75. The van der Waals surface area contributed by atoms with Gasteiger partial charge in [0.25, 0.3) is 0 Å². The first kappa shape index (κ1) is 25.5. The highest BCUT2D eigenvalue weighted by atomic mass is 19.4. The van der Waals surface area contributed by atoms with Crippen LogP contribution in [-0.2, 0) is 20.9 Å². The predicted octanol–water partition coefficient (Wildman–Crippen LogP) is 4.70. The Morgan fingerprint density at radius 2 is 1.50 bits per heavy atom. The molecule has 1 amide bonds. The maximum absolute atomic E-state index is 14.1. The number of benzene rings is 1. The highest BCUT2D eigenvalue weighted by molar-refractivity contribution is 5.82. The number of carbonyl (C=O) groups is 2. The summed E-state index contributed by atoms with van der Waals surface area (Å²) in [6.45, 7) is 2.47. The van der Waals surface area contributed by atoms with Gasteiger partial charge in [0.2, 0.25) is 0 Å². The van der Waals surface area contributed by atoms with Crippen molar-refractivity contribution < 1.29 is 49.8 Å². The standard InChI is InChI=1S/C18H20F7NO4/c1-10(2)30-14(27)13(11(3)16(19,20)17(21,22)18(23,24)25)26-15(28)29-9-12-7-5-4-6-8-12/h4-8,10-11,13H,9H2,1-3H3,(H,26,28).